The smallest absolute Gasteiger partial charge is 0.237 e. The van der Waals surface area contributed by atoms with Crippen LogP contribution in [0.1, 0.15) is 18.3 Å². The minimum absolute atomic E-state index is 0.0832. The standard InChI is InChI=1S/C22H23N5O4S/c1-26-21(18-13-30-16-9-5-6-10-17(16)31-18)24-25-22(26)32-14-20(29)27(12-11-19(23)28)15-7-3-2-4-8-15/h2-10,18H,11-14H2,1H3,(H2,23,28). The number of carbonyl (C=O) groups is 2. The molecule has 32 heavy (non-hydrogen) atoms. The molecule has 1 unspecified atom stereocenters. The van der Waals surface area contributed by atoms with Crippen LogP contribution in [0.15, 0.2) is 59.8 Å². The predicted octanol–water partition coefficient (Wildman–Crippen LogP) is 2.33. The van der Waals surface area contributed by atoms with Crippen LogP contribution >= 0.6 is 11.8 Å². The number of nitrogens with two attached hydrogens (primary N) is 1. The SMILES string of the molecule is Cn1c(SCC(=O)N(CCC(N)=O)c2ccccc2)nnc1C1COc2ccccc2O1. The highest BCUT2D eigenvalue weighted by atomic mass is 32.2. The minimum Gasteiger partial charge on any atom is -0.485 e. The van der Waals surface area contributed by atoms with E-state index < -0.39 is 12.0 Å². The highest BCUT2D eigenvalue weighted by Crippen LogP contribution is 2.35. The first-order chi connectivity index (χ1) is 15.5. The molecule has 4 rings (SSSR count). The molecule has 3 aromatic rings. The number of hydrogen-bond donors (Lipinski definition) is 1. The van der Waals surface area contributed by atoms with E-state index in [1.807, 2.05) is 61.6 Å². The van der Waals surface area contributed by atoms with Gasteiger partial charge in [-0.25, -0.2) is 0 Å². The van der Waals surface area contributed by atoms with Crippen molar-refractivity contribution in [3.63, 3.8) is 0 Å². The second kappa shape index (κ2) is 9.73. The summed E-state index contributed by atoms with van der Waals surface area (Å²) in [6.07, 6.45) is -0.316. The Morgan fingerprint density at radius 3 is 2.59 bits per heavy atom. The van der Waals surface area contributed by atoms with Crippen LogP contribution in [0.3, 0.4) is 0 Å². The van der Waals surface area contributed by atoms with Gasteiger partial charge in [0.15, 0.2) is 28.6 Å². The Bertz CT molecular complexity index is 1100. The number of primary amides is 1. The second-order valence-electron chi connectivity index (χ2n) is 7.15. The molecule has 2 amide bonds. The number of anilines is 1. The zero-order chi connectivity index (χ0) is 22.5. The maximum Gasteiger partial charge on any atom is 0.237 e. The van der Waals surface area contributed by atoms with E-state index in [1.165, 1.54) is 11.8 Å². The van der Waals surface area contributed by atoms with Crippen molar-refractivity contribution in [2.45, 2.75) is 17.7 Å². The van der Waals surface area contributed by atoms with Crippen molar-refractivity contribution >= 4 is 29.3 Å². The average molecular weight is 454 g/mol. The molecule has 0 radical (unpaired) electrons. The fraction of sp³-hybridized carbons (Fsp3) is 0.273. The van der Waals surface area contributed by atoms with Crippen LogP contribution in [-0.2, 0) is 16.6 Å². The predicted molar refractivity (Wildman–Crippen MR) is 120 cm³/mol. The van der Waals surface area contributed by atoms with Crippen molar-refractivity contribution in [1.82, 2.24) is 14.8 Å². The van der Waals surface area contributed by atoms with Gasteiger partial charge in [0.05, 0.1) is 5.75 Å². The highest BCUT2D eigenvalue weighted by molar-refractivity contribution is 7.99. The maximum absolute atomic E-state index is 12.9. The number of hydrogen-bond acceptors (Lipinski definition) is 7. The Balaban J connectivity index is 1.43. The van der Waals surface area contributed by atoms with Gasteiger partial charge in [0.2, 0.25) is 11.8 Å². The van der Waals surface area contributed by atoms with Crippen LogP contribution in [0, 0.1) is 0 Å². The summed E-state index contributed by atoms with van der Waals surface area (Å²) in [4.78, 5) is 25.7. The Hall–Kier alpha value is -3.53. The highest BCUT2D eigenvalue weighted by Gasteiger charge is 2.28. The summed E-state index contributed by atoms with van der Waals surface area (Å²) in [7, 11) is 1.83. The van der Waals surface area contributed by atoms with Gasteiger partial charge in [0, 0.05) is 25.7 Å². The summed E-state index contributed by atoms with van der Waals surface area (Å²) in [5.41, 5.74) is 5.99. The molecule has 2 aromatic carbocycles. The van der Waals surface area contributed by atoms with Gasteiger partial charge in [-0.3, -0.25) is 9.59 Å². The molecule has 166 valence electrons. The van der Waals surface area contributed by atoms with E-state index in [0.717, 1.165) is 0 Å². The molecular formula is C22H23N5O4S. The normalized spacial score (nSPS) is 14.7. The number of aromatic nitrogens is 3. The number of rotatable bonds is 8. The molecule has 1 atom stereocenters. The number of amides is 2. The third-order valence-electron chi connectivity index (χ3n) is 4.94. The zero-order valence-corrected chi connectivity index (χ0v) is 18.3. The average Bonchev–Trinajstić information content (AvgIpc) is 3.18. The van der Waals surface area contributed by atoms with Gasteiger partial charge in [-0.2, -0.15) is 0 Å². The quantitative estimate of drug-likeness (QED) is 0.521. The van der Waals surface area contributed by atoms with Gasteiger partial charge in [-0.1, -0.05) is 42.1 Å². The summed E-state index contributed by atoms with van der Waals surface area (Å²) in [5.74, 6) is 1.49. The molecule has 1 aliphatic rings. The molecule has 0 spiro atoms. The number of thioether (sulfide) groups is 1. The Morgan fingerprint density at radius 2 is 1.84 bits per heavy atom. The zero-order valence-electron chi connectivity index (χ0n) is 17.5. The van der Waals surface area contributed by atoms with E-state index in [4.69, 9.17) is 15.2 Å². The van der Waals surface area contributed by atoms with E-state index in [9.17, 15) is 9.59 Å². The lowest BCUT2D eigenvalue weighted by atomic mass is 10.2. The molecule has 9 nitrogen and oxygen atoms in total. The summed E-state index contributed by atoms with van der Waals surface area (Å²) in [5, 5.41) is 9.06. The van der Waals surface area contributed by atoms with E-state index in [0.29, 0.717) is 34.8 Å². The van der Waals surface area contributed by atoms with Crippen LogP contribution in [0.25, 0.3) is 0 Å². The Morgan fingerprint density at radius 1 is 1.12 bits per heavy atom. The number of para-hydroxylation sites is 3. The summed E-state index contributed by atoms with van der Waals surface area (Å²) in [6, 6.07) is 16.7. The molecule has 0 fully saturated rings. The Kier molecular flexibility index (Phi) is 6.60. The third kappa shape index (κ3) is 4.86. The number of carbonyl (C=O) groups excluding carboxylic acids is 2. The number of fused-ring (bicyclic) bond motifs is 1. The van der Waals surface area contributed by atoms with Gasteiger partial charge >= 0.3 is 0 Å². The van der Waals surface area contributed by atoms with Crippen molar-refractivity contribution < 1.29 is 19.1 Å². The number of benzene rings is 2. The van der Waals surface area contributed by atoms with Gasteiger partial charge < -0.3 is 24.7 Å². The number of nitrogens with zero attached hydrogens (tertiary/aromatic N) is 4. The molecule has 0 saturated heterocycles. The minimum atomic E-state index is -0.458. The van der Waals surface area contributed by atoms with Crippen LogP contribution in [0.5, 0.6) is 11.5 Å². The molecule has 2 N–H and O–H groups in total. The Labute approximate surface area is 189 Å². The van der Waals surface area contributed by atoms with Crippen molar-refractivity contribution in [2.75, 3.05) is 23.8 Å². The molecule has 2 heterocycles. The van der Waals surface area contributed by atoms with E-state index in [-0.39, 0.29) is 24.6 Å². The maximum atomic E-state index is 12.9. The van der Waals surface area contributed by atoms with E-state index in [1.54, 1.807) is 9.47 Å². The van der Waals surface area contributed by atoms with Gasteiger partial charge in [-0.05, 0) is 24.3 Å². The van der Waals surface area contributed by atoms with Crippen LogP contribution in [0.2, 0.25) is 0 Å². The van der Waals surface area contributed by atoms with Gasteiger partial charge in [0.1, 0.15) is 6.61 Å². The van der Waals surface area contributed by atoms with Crippen molar-refractivity contribution in [3.05, 3.63) is 60.4 Å². The van der Waals surface area contributed by atoms with Crippen molar-refractivity contribution in [2.24, 2.45) is 12.8 Å². The van der Waals surface area contributed by atoms with E-state index in [2.05, 4.69) is 10.2 Å². The van der Waals surface area contributed by atoms with E-state index >= 15 is 0 Å². The first-order valence-corrected chi connectivity index (χ1v) is 11.1. The van der Waals surface area contributed by atoms with Crippen molar-refractivity contribution in [3.8, 4) is 11.5 Å². The largest absolute Gasteiger partial charge is 0.485 e. The monoisotopic (exact) mass is 453 g/mol. The fourth-order valence-corrected chi connectivity index (χ4v) is 4.11. The summed E-state index contributed by atoms with van der Waals surface area (Å²) in [6.45, 7) is 0.539. The van der Waals surface area contributed by atoms with Crippen LogP contribution in [-0.4, -0.2) is 45.5 Å². The topological polar surface area (TPSA) is 113 Å². The van der Waals surface area contributed by atoms with Crippen molar-refractivity contribution in [1.29, 1.82) is 0 Å². The molecular weight excluding hydrogens is 430 g/mol. The third-order valence-corrected chi connectivity index (χ3v) is 5.95. The lowest BCUT2D eigenvalue weighted by molar-refractivity contribution is -0.118. The molecule has 10 heteroatoms. The lowest BCUT2D eigenvalue weighted by Crippen LogP contribution is -2.35. The first kappa shape index (κ1) is 21.7. The first-order valence-electron chi connectivity index (χ1n) is 10.1. The molecule has 0 aliphatic carbocycles. The number of ether oxygens (including phenoxy) is 2. The fourth-order valence-electron chi connectivity index (χ4n) is 3.31. The molecule has 0 bridgehead atoms. The molecule has 0 saturated carbocycles. The molecule has 1 aliphatic heterocycles. The van der Waals surface area contributed by atoms with Gasteiger partial charge in [-0.15, -0.1) is 10.2 Å². The summed E-state index contributed by atoms with van der Waals surface area (Å²) >= 11 is 1.27. The lowest BCUT2D eigenvalue weighted by Gasteiger charge is -2.25. The van der Waals surface area contributed by atoms with Crippen LogP contribution in [0.4, 0.5) is 5.69 Å². The second-order valence-corrected chi connectivity index (χ2v) is 8.09. The van der Waals surface area contributed by atoms with Crippen LogP contribution < -0.4 is 20.1 Å². The summed E-state index contributed by atoms with van der Waals surface area (Å²) < 4.78 is 13.6. The molecule has 1 aromatic heterocycles. The van der Waals surface area contributed by atoms with Gasteiger partial charge in [0.25, 0.3) is 0 Å².